The van der Waals surface area contributed by atoms with Gasteiger partial charge in [0.15, 0.2) is 14.9 Å². The molecule has 1 aromatic rings. The van der Waals surface area contributed by atoms with Gasteiger partial charge in [0.05, 0.1) is 5.75 Å². The summed E-state index contributed by atoms with van der Waals surface area (Å²) < 4.78 is 22.5. The van der Waals surface area contributed by atoms with Gasteiger partial charge in [-0.2, -0.15) is 0 Å². The van der Waals surface area contributed by atoms with E-state index >= 15 is 0 Å². The molecule has 1 rings (SSSR count). The van der Waals surface area contributed by atoms with Crippen LogP contribution in [0.2, 0.25) is 0 Å². The van der Waals surface area contributed by atoms with Crippen LogP contribution >= 0.6 is 0 Å². The summed E-state index contributed by atoms with van der Waals surface area (Å²) in [5.74, 6) is 0.100. The van der Waals surface area contributed by atoms with Crippen molar-refractivity contribution < 1.29 is 8.42 Å². The Labute approximate surface area is 72.4 Å². The van der Waals surface area contributed by atoms with Crippen LogP contribution in [0, 0.1) is 6.92 Å². The number of rotatable bonds is 2. The summed E-state index contributed by atoms with van der Waals surface area (Å²) >= 11 is 0. The van der Waals surface area contributed by atoms with Crippen LogP contribution in [0.1, 0.15) is 12.5 Å². The van der Waals surface area contributed by atoms with Gasteiger partial charge in [-0.1, -0.05) is 13.0 Å². The molecule has 3 nitrogen and oxygen atoms in total. The first-order valence-electron chi connectivity index (χ1n) is 3.71. The molecule has 0 spiro atoms. The third-order valence-electron chi connectivity index (χ3n) is 1.58. The number of nitrogens with zero attached hydrogens (tertiary/aromatic N) is 1. The molecule has 66 valence electrons. The summed E-state index contributed by atoms with van der Waals surface area (Å²) in [6, 6.07) is 3.28. The summed E-state index contributed by atoms with van der Waals surface area (Å²) in [5.41, 5.74) is 0.963. The number of aryl methyl sites for hydroxylation is 1. The summed E-state index contributed by atoms with van der Waals surface area (Å²) in [6.07, 6.45) is 1.56. The molecular formula is C8H11NO2S. The Morgan fingerprint density at radius 1 is 1.42 bits per heavy atom. The van der Waals surface area contributed by atoms with Crippen molar-refractivity contribution in [2.45, 2.75) is 18.9 Å². The molecule has 1 aromatic heterocycles. The molecule has 0 atom stereocenters. The Morgan fingerprint density at radius 3 is 2.50 bits per heavy atom. The van der Waals surface area contributed by atoms with Gasteiger partial charge in [-0.05, 0) is 18.6 Å². The van der Waals surface area contributed by atoms with Crippen molar-refractivity contribution in [2.75, 3.05) is 5.75 Å². The zero-order valence-corrected chi connectivity index (χ0v) is 7.93. The third kappa shape index (κ3) is 1.82. The van der Waals surface area contributed by atoms with Crippen LogP contribution in [0.25, 0.3) is 0 Å². The molecule has 0 amide bonds. The monoisotopic (exact) mass is 185 g/mol. The highest BCUT2D eigenvalue weighted by atomic mass is 32.2. The second kappa shape index (κ2) is 3.23. The number of hydrogen-bond acceptors (Lipinski definition) is 3. The standard InChI is InChI=1S/C8H11NO2S/c1-3-12(10,11)8-5-4-7(2)6-9-8/h4-6H,3H2,1-2H3. The van der Waals surface area contributed by atoms with Gasteiger partial charge in [-0.25, -0.2) is 13.4 Å². The van der Waals surface area contributed by atoms with Crippen LogP contribution in [0.5, 0.6) is 0 Å². The topological polar surface area (TPSA) is 47.0 Å². The van der Waals surface area contributed by atoms with Crippen LogP contribution < -0.4 is 0 Å². The maximum atomic E-state index is 11.2. The molecular weight excluding hydrogens is 174 g/mol. The minimum Gasteiger partial charge on any atom is -0.244 e. The average Bonchev–Trinajstić information content (AvgIpc) is 2.05. The van der Waals surface area contributed by atoms with Crippen molar-refractivity contribution in [2.24, 2.45) is 0 Å². The van der Waals surface area contributed by atoms with Gasteiger partial charge in [-0.15, -0.1) is 0 Å². The second-order valence-electron chi connectivity index (χ2n) is 2.58. The SMILES string of the molecule is CCS(=O)(=O)c1ccc(C)cn1. The van der Waals surface area contributed by atoms with Gasteiger partial charge < -0.3 is 0 Å². The first-order valence-corrected chi connectivity index (χ1v) is 5.37. The van der Waals surface area contributed by atoms with E-state index in [4.69, 9.17) is 0 Å². The molecule has 0 N–H and O–H groups in total. The molecule has 0 aromatic carbocycles. The first kappa shape index (κ1) is 9.19. The molecule has 1 heterocycles. The van der Waals surface area contributed by atoms with E-state index in [2.05, 4.69) is 4.98 Å². The van der Waals surface area contributed by atoms with Crippen molar-refractivity contribution in [3.8, 4) is 0 Å². The fourth-order valence-electron chi connectivity index (χ4n) is 0.786. The maximum absolute atomic E-state index is 11.2. The Balaban J connectivity index is 3.14. The lowest BCUT2D eigenvalue weighted by Gasteiger charge is -1.99. The average molecular weight is 185 g/mol. The Hall–Kier alpha value is -0.900. The fraction of sp³-hybridized carbons (Fsp3) is 0.375. The van der Waals surface area contributed by atoms with Crippen molar-refractivity contribution in [3.63, 3.8) is 0 Å². The Bertz CT molecular complexity index is 353. The summed E-state index contributed by atoms with van der Waals surface area (Å²) in [7, 11) is -3.13. The van der Waals surface area contributed by atoms with Crippen molar-refractivity contribution >= 4 is 9.84 Å². The van der Waals surface area contributed by atoms with Crippen LogP contribution in [-0.2, 0) is 9.84 Å². The van der Waals surface area contributed by atoms with Gasteiger partial charge in [0.25, 0.3) is 0 Å². The number of pyridine rings is 1. The lowest BCUT2D eigenvalue weighted by molar-refractivity contribution is 0.593. The zero-order valence-electron chi connectivity index (χ0n) is 7.11. The first-order chi connectivity index (χ1) is 5.56. The van der Waals surface area contributed by atoms with Gasteiger partial charge in [-0.3, -0.25) is 0 Å². The molecule has 0 fully saturated rings. The third-order valence-corrected chi connectivity index (χ3v) is 3.22. The van der Waals surface area contributed by atoms with E-state index in [1.54, 1.807) is 19.2 Å². The van der Waals surface area contributed by atoms with Gasteiger partial charge >= 0.3 is 0 Å². The minimum atomic E-state index is -3.13. The number of aromatic nitrogens is 1. The highest BCUT2D eigenvalue weighted by molar-refractivity contribution is 7.91. The lowest BCUT2D eigenvalue weighted by atomic mass is 10.3. The second-order valence-corrected chi connectivity index (χ2v) is 4.80. The predicted octanol–water partition coefficient (Wildman–Crippen LogP) is 1.18. The normalized spacial score (nSPS) is 11.5. The highest BCUT2D eigenvalue weighted by Gasteiger charge is 2.11. The van der Waals surface area contributed by atoms with Gasteiger partial charge in [0.2, 0.25) is 0 Å². The molecule has 0 saturated heterocycles. The van der Waals surface area contributed by atoms with E-state index in [-0.39, 0.29) is 10.8 Å². The molecule has 0 aliphatic rings. The lowest BCUT2D eigenvalue weighted by Crippen LogP contribution is -2.05. The van der Waals surface area contributed by atoms with Crippen molar-refractivity contribution in [1.82, 2.24) is 4.98 Å². The number of sulfone groups is 1. The zero-order chi connectivity index (χ0) is 9.19. The van der Waals surface area contributed by atoms with Crippen LogP contribution in [0.15, 0.2) is 23.4 Å². The van der Waals surface area contributed by atoms with E-state index < -0.39 is 9.84 Å². The van der Waals surface area contributed by atoms with E-state index in [1.165, 1.54) is 6.07 Å². The maximum Gasteiger partial charge on any atom is 0.195 e. The summed E-state index contributed by atoms with van der Waals surface area (Å²) in [5, 5.41) is 0.163. The van der Waals surface area contributed by atoms with Crippen LogP contribution in [0.4, 0.5) is 0 Å². The van der Waals surface area contributed by atoms with E-state index in [1.807, 2.05) is 6.92 Å². The highest BCUT2D eigenvalue weighted by Crippen LogP contribution is 2.07. The molecule has 12 heavy (non-hydrogen) atoms. The molecule has 4 heteroatoms. The predicted molar refractivity (Wildman–Crippen MR) is 46.7 cm³/mol. The molecule has 0 radical (unpaired) electrons. The fourth-order valence-corrected chi connectivity index (χ4v) is 1.57. The molecule has 0 aliphatic heterocycles. The molecule has 0 saturated carbocycles. The Morgan fingerprint density at radius 2 is 2.08 bits per heavy atom. The summed E-state index contributed by atoms with van der Waals surface area (Å²) in [6.45, 7) is 3.48. The van der Waals surface area contributed by atoms with Crippen molar-refractivity contribution in [3.05, 3.63) is 23.9 Å². The number of hydrogen-bond donors (Lipinski definition) is 0. The van der Waals surface area contributed by atoms with Crippen LogP contribution in [0.3, 0.4) is 0 Å². The Kier molecular flexibility index (Phi) is 2.47. The molecule has 0 aliphatic carbocycles. The van der Waals surface area contributed by atoms with E-state index in [0.717, 1.165) is 5.56 Å². The van der Waals surface area contributed by atoms with Gasteiger partial charge in [0.1, 0.15) is 0 Å². The van der Waals surface area contributed by atoms with Crippen LogP contribution in [-0.4, -0.2) is 19.2 Å². The largest absolute Gasteiger partial charge is 0.244 e. The molecule has 0 bridgehead atoms. The summed E-state index contributed by atoms with van der Waals surface area (Å²) in [4.78, 5) is 3.83. The minimum absolute atomic E-state index is 0.100. The van der Waals surface area contributed by atoms with E-state index in [0.29, 0.717) is 0 Å². The molecule has 0 unspecified atom stereocenters. The smallest absolute Gasteiger partial charge is 0.195 e. The van der Waals surface area contributed by atoms with E-state index in [9.17, 15) is 8.42 Å². The van der Waals surface area contributed by atoms with Crippen molar-refractivity contribution in [1.29, 1.82) is 0 Å². The van der Waals surface area contributed by atoms with Gasteiger partial charge in [0, 0.05) is 6.20 Å². The quantitative estimate of drug-likeness (QED) is 0.695.